The summed E-state index contributed by atoms with van der Waals surface area (Å²) in [4.78, 5) is 0.0963. The Labute approximate surface area is 183 Å². The van der Waals surface area contributed by atoms with Crippen molar-refractivity contribution in [3.05, 3.63) is 70.8 Å². The summed E-state index contributed by atoms with van der Waals surface area (Å²) in [7, 11) is -4.00. The molecule has 0 radical (unpaired) electrons. The van der Waals surface area contributed by atoms with Crippen LogP contribution in [0.15, 0.2) is 59.0 Å². The highest BCUT2D eigenvalue weighted by molar-refractivity contribution is 7.86. The minimum atomic E-state index is -4.00. The third-order valence-electron chi connectivity index (χ3n) is 6.82. The summed E-state index contributed by atoms with van der Waals surface area (Å²) in [6, 6.07) is 14.4. The van der Waals surface area contributed by atoms with Gasteiger partial charge in [-0.2, -0.15) is 8.42 Å². The smallest absolute Gasteiger partial charge is 0.297 e. The van der Waals surface area contributed by atoms with Crippen molar-refractivity contribution in [1.29, 1.82) is 0 Å². The SMILES string of the molecule is Cc1ccc(S(=O)(=O)O[C@H]2CC3=Cc4ccccc4[C@@]3(OC3CCCCC3)[C@H]2O)cc1. The number of hydrogen-bond donors (Lipinski definition) is 1. The van der Waals surface area contributed by atoms with Gasteiger partial charge in [-0.25, -0.2) is 0 Å². The predicted molar refractivity (Wildman–Crippen MR) is 118 cm³/mol. The zero-order chi connectivity index (χ0) is 21.6. The van der Waals surface area contributed by atoms with Gasteiger partial charge in [0, 0.05) is 6.42 Å². The highest BCUT2D eigenvalue weighted by Crippen LogP contribution is 2.55. The van der Waals surface area contributed by atoms with Gasteiger partial charge in [-0.15, -0.1) is 0 Å². The molecule has 0 bridgehead atoms. The van der Waals surface area contributed by atoms with Crippen LogP contribution < -0.4 is 0 Å². The second-order valence-electron chi connectivity index (χ2n) is 8.92. The highest BCUT2D eigenvalue weighted by Gasteiger charge is 2.59. The lowest BCUT2D eigenvalue weighted by molar-refractivity contribution is -0.149. The van der Waals surface area contributed by atoms with Crippen LogP contribution in [0.1, 0.15) is 55.2 Å². The molecule has 0 spiro atoms. The summed E-state index contributed by atoms with van der Waals surface area (Å²) < 4.78 is 38.1. The molecule has 3 aliphatic rings. The molecule has 164 valence electrons. The van der Waals surface area contributed by atoms with E-state index in [1.807, 2.05) is 37.3 Å². The highest BCUT2D eigenvalue weighted by atomic mass is 32.2. The van der Waals surface area contributed by atoms with Crippen LogP contribution in [0.4, 0.5) is 0 Å². The van der Waals surface area contributed by atoms with Crippen molar-refractivity contribution < 1.29 is 22.4 Å². The molecule has 5 rings (SSSR count). The third-order valence-corrected chi connectivity index (χ3v) is 8.17. The van der Waals surface area contributed by atoms with Crippen LogP contribution in [0.3, 0.4) is 0 Å². The molecule has 2 aromatic carbocycles. The van der Waals surface area contributed by atoms with Crippen LogP contribution in [0.2, 0.25) is 0 Å². The Kier molecular flexibility index (Phi) is 5.29. The maximum absolute atomic E-state index is 12.9. The lowest BCUT2D eigenvalue weighted by atomic mass is 9.88. The Balaban J connectivity index is 1.47. The van der Waals surface area contributed by atoms with Crippen molar-refractivity contribution in [1.82, 2.24) is 0 Å². The summed E-state index contributed by atoms with van der Waals surface area (Å²) >= 11 is 0. The van der Waals surface area contributed by atoms with Gasteiger partial charge in [-0.1, -0.05) is 67.3 Å². The van der Waals surface area contributed by atoms with E-state index in [0.29, 0.717) is 6.42 Å². The Morgan fingerprint density at radius 3 is 2.45 bits per heavy atom. The lowest BCUT2D eigenvalue weighted by Gasteiger charge is -2.38. The minimum Gasteiger partial charge on any atom is -0.387 e. The number of rotatable bonds is 5. The van der Waals surface area contributed by atoms with Gasteiger partial charge in [0.05, 0.1) is 11.0 Å². The van der Waals surface area contributed by atoms with Crippen molar-refractivity contribution in [3.63, 3.8) is 0 Å². The second kappa shape index (κ2) is 7.85. The fourth-order valence-corrected chi connectivity index (χ4v) is 6.32. The second-order valence-corrected chi connectivity index (χ2v) is 10.5. The van der Waals surface area contributed by atoms with E-state index in [1.54, 1.807) is 12.1 Å². The Morgan fingerprint density at radius 2 is 1.71 bits per heavy atom. The maximum Gasteiger partial charge on any atom is 0.297 e. The molecular formula is C25H28O5S. The molecule has 2 saturated carbocycles. The molecule has 0 heterocycles. The third kappa shape index (κ3) is 3.55. The minimum absolute atomic E-state index is 0.0467. The fraction of sp³-hybridized carbons (Fsp3) is 0.440. The number of aliphatic hydroxyl groups is 1. The van der Waals surface area contributed by atoms with Crippen molar-refractivity contribution in [2.45, 2.75) is 74.3 Å². The normalized spacial score (nSPS) is 28.3. The molecule has 0 aliphatic heterocycles. The first-order valence-corrected chi connectivity index (χ1v) is 12.5. The summed E-state index contributed by atoms with van der Waals surface area (Å²) in [5.74, 6) is 0. The largest absolute Gasteiger partial charge is 0.387 e. The van der Waals surface area contributed by atoms with Crippen LogP contribution in [-0.4, -0.2) is 31.8 Å². The van der Waals surface area contributed by atoms with Gasteiger partial charge in [0.25, 0.3) is 10.1 Å². The van der Waals surface area contributed by atoms with Gasteiger partial charge in [0.2, 0.25) is 0 Å². The van der Waals surface area contributed by atoms with Crippen LogP contribution in [0, 0.1) is 6.92 Å². The number of hydrogen-bond acceptors (Lipinski definition) is 5. The van der Waals surface area contributed by atoms with Gasteiger partial charge in [-0.05, 0) is 48.6 Å². The molecule has 0 saturated heterocycles. The van der Waals surface area contributed by atoms with E-state index in [9.17, 15) is 13.5 Å². The number of aryl methyl sites for hydroxylation is 1. The summed E-state index contributed by atoms with van der Waals surface area (Å²) in [5, 5.41) is 11.5. The zero-order valence-electron chi connectivity index (χ0n) is 17.7. The quantitative estimate of drug-likeness (QED) is 0.694. The van der Waals surface area contributed by atoms with E-state index < -0.39 is 27.9 Å². The van der Waals surface area contributed by atoms with Crippen LogP contribution >= 0.6 is 0 Å². The summed E-state index contributed by atoms with van der Waals surface area (Å²) in [6.07, 6.45) is 5.73. The first-order valence-electron chi connectivity index (χ1n) is 11.1. The zero-order valence-corrected chi connectivity index (χ0v) is 18.5. The first kappa shape index (κ1) is 20.9. The van der Waals surface area contributed by atoms with E-state index in [4.69, 9.17) is 8.92 Å². The molecule has 31 heavy (non-hydrogen) atoms. The van der Waals surface area contributed by atoms with Gasteiger partial charge >= 0.3 is 0 Å². The number of aliphatic hydroxyl groups excluding tert-OH is 1. The predicted octanol–water partition coefficient (Wildman–Crippen LogP) is 4.48. The van der Waals surface area contributed by atoms with E-state index in [0.717, 1.165) is 47.9 Å². The molecule has 2 aromatic rings. The Bertz CT molecular complexity index is 1100. The molecule has 1 N–H and O–H groups in total. The van der Waals surface area contributed by atoms with Crippen molar-refractivity contribution in [3.8, 4) is 0 Å². The number of ether oxygens (including phenoxy) is 1. The number of fused-ring (bicyclic) bond motifs is 3. The van der Waals surface area contributed by atoms with Crippen LogP contribution in [-0.2, 0) is 24.6 Å². The summed E-state index contributed by atoms with van der Waals surface area (Å²) in [5.41, 5.74) is 2.76. The lowest BCUT2D eigenvalue weighted by Crippen LogP contribution is -2.45. The molecule has 0 unspecified atom stereocenters. The van der Waals surface area contributed by atoms with E-state index >= 15 is 0 Å². The van der Waals surface area contributed by atoms with Gasteiger partial charge < -0.3 is 9.84 Å². The monoisotopic (exact) mass is 440 g/mol. The number of benzene rings is 2. The Morgan fingerprint density at radius 1 is 1.00 bits per heavy atom. The van der Waals surface area contributed by atoms with Crippen molar-refractivity contribution in [2.24, 2.45) is 0 Å². The van der Waals surface area contributed by atoms with Gasteiger partial charge in [-0.3, -0.25) is 4.18 Å². The molecule has 0 amide bonds. The maximum atomic E-state index is 12.9. The topological polar surface area (TPSA) is 72.8 Å². The average molecular weight is 441 g/mol. The van der Waals surface area contributed by atoms with Crippen molar-refractivity contribution >= 4 is 16.2 Å². The molecule has 3 aliphatic carbocycles. The molecule has 0 aromatic heterocycles. The van der Waals surface area contributed by atoms with E-state index in [1.165, 1.54) is 18.6 Å². The summed E-state index contributed by atoms with van der Waals surface area (Å²) in [6.45, 7) is 1.90. The van der Waals surface area contributed by atoms with Gasteiger partial charge in [0.1, 0.15) is 17.8 Å². The van der Waals surface area contributed by atoms with Crippen LogP contribution in [0.25, 0.3) is 6.08 Å². The Hall–Kier alpha value is -1.99. The standard InChI is InChI=1S/C25H28O5S/c1-17-11-13-21(14-12-17)31(27,28)30-23-16-19-15-18-7-5-6-10-22(18)25(19,24(23)26)29-20-8-3-2-4-9-20/h5-7,10-15,20,23-24,26H,2-4,8-9,16H2,1H3/t23-,24-,25+/m0/s1. The molecule has 2 fully saturated rings. The van der Waals surface area contributed by atoms with E-state index in [2.05, 4.69) is 0 Å². The van der Waals surface area contributed by atoms with E-state index in [-0.39, 0.29) is 11.0 Å². The van der Waals surface area contributed by atoms with Crippen molar-refractivity contribution in [2.75, 3.05) is 0 Å². The molecule has 5 nitrogen and oxygen atoms in total. The average Bonchev–Trinajstić information content (AvgIpc) is 3.19. The molecule has 3 atom stereocenters. The van der Waals surface area contributed by atoms with Gasteiger partial charge in [0.15, 0.2) is 0 Å². The fourth-order valence-electron chi connectivity index (χ4n) is 5.24. The van der Waals surface area contributed by atoms with Crippen LogP contribution in [0.5, 0.6) is 0 Å². The first-order chi connectivity index (χ1) is 14.9. The molecule has 6 heteroatoms. The molecular weight excluding hydrogens is 412 g/mol.